The average molecular weight is 477 g/mol. The van der Waals surface area contributed by atoms with E-state index >= 15 is 0 Å². The summed E-state index contributed by atoms with van der Waals surface area (Å²) in [6.07, 6.45) is 0. The van der Waals surface area contributed by atoms with Gasteiger partial charge in [-0.15, -0.1) is 0 Å². The molecule has 0 saturated heterocycles. The first-order valence-corrected chi connectivity index (χ1v) is 11.2. The summed E-state index contributed by atoms with van der Waals surface area (Å²) in [5.74, 6) is -1.51. The highest BCUT2D eigenvalue weighted by Crippen LogP contribution is 2.31. The predicted molar refractivity (Wildman–Crippen MR) is 116 cm³/mol. The zero-order valence-electron chi connectivity index (χ0n) is 16.7. The molecule has 0 aliphatic carbocycles. The number of hydrogen-bond acceptors (Lipinski definition) is 4. The smallest absolute Gasteiger partial charge is 0.265 e. The third-order valence-corrected chi connectivity index (χ3v) is 6.80. The van der Waals surface area contributed by atoms with Gasteiger partial charge < -0.3 is 10.4 Å². The largest absolute Gasteiger partial charge is 0.396 e. The van der Waals surface area contributed by atoms with Gasteiger partial charge in [-0.05, 0) is 49.4 Å². The van der Waals surface area contributed by atoms with E-state index < -0.39 is 33.2 Å². The molecule has 1 amide bonds. The third-order valence-electron chi connectivity index (χ3n) is 4.42. The Balaban J connectivity index is 2.52. The highest BCUT2D eigenvalue weighted by molar-refractivity contribution is 7.93. The topological polar surface area (TPSA) is 86.7 Å². The minimum atomic E-state index is -4.35. The molecule has 0 fully saturated rings. The Morgan fingerprint density at radius 2 is 1.73 bits per heavy atom. The van der Waals surface area contributed by atoms with Crippen molar-refractivity contribution in [1.29, 1.82) is 0 Å². The molecule has 2 N–H and O–H groups in total. The third kappa shape index (κ3) is 5.63. The summed E-state index contributed by atoms with van der Waals surface area (Å²) in [6.45, 7) is 4.72. The van der Waals surface area contributed by atoms with Crippen LogP contribution in [0.5, 0.6) is 0 Å². The molecular weight excluding hydrogens is 454 g/mol. The van der Waals surface area contributed by atoms with Crippen LogP contribution < -0.4 is 9.62 Å². The van der Waals surface area contributed by atoms with E-state index in [9.17, 15) is 22.7 Å². The molecule has 0 aliphatic rings. The fourth-order valence-corrected chi connectivity index (χ4v) is 4.47. The molecule has 2 aromatic rings. The van der Waals surface area contributed by atoms with Crippen molar-refractivity contribution in [3.8, 4) is 0 Å². The molecule has 0 spiro atoms. The van der Waals surface area contributed by atoms with E-state index in [0.717, 1.165) is 12.1 Å². The Kier molecular flexibility index (Phi) is 7.74. The molecule has 2 aromatic carbocycles. The molecule has 0 aromatic heterocycles. The van der Waals surface area contributed by atoms with E-state index in [1.54, 1.807) is 13.8 Å². The second-order valence-corrected chi connectivity index (χ2v) is 10.3. The summed E-state index contributed by atoms with van der Waals surface area (Å²) in [7, 11) is -4.35. The van der Waals surface area contributed by atoms with E-state index in [1.165, 1.54) is 37.3 Å². The highest BCUT2D eigenvalue weighted by Gasteiger charge is 2.35. The zero-order valence-corrected chi connectivity index (χ0v) is 19.0. The zero-order chi connectivity index (χ0) is 22.7. The normalized spacial score (nSPS) is 13.0. The van der Waals surface area contributed by atoms with Crippen LogP contribution in [0.2, 0.25) is 10.0 Å². The van der Waals surface area contributed by atoms with Gasteiger partial charge in [0.2, 0.25) is 5.91 Å². The molecule has 0 aliphatic heterocycles. The Morgan fingerprint density at radius 3 is 2.30 bits per heavy atom. The molecular formula is C20H23Cl2FN2O4S. The van der Waals surface area contributed by atoms with Crippen LogP contribution in [0.4, 0.5) is 10.1 Å². The summed E-state index contributed by atoms with van der Waals surface area (Å²) in [5, 5.41) is 12.4. The van der Waals surface area contributed by atoms with E-state index in [2.05, 4.69) is 5.32 Å². The number of amides is 1. The van der Waals surface area contributed by atoms with Gasteiger partial charge in [0.15, 0.2) is 0 Å². The summed E-state index contributed by atoms with van der Waals surface area (Å²) in [6, 6.07) is 7.45. The van der Waals surface area contributed by atoms with Crippen molar-refractivity contribution in [3.05, 3.63) is 58.3 Å². The second-order valence-electron chi connectivity index (χ2n) is 7.57. The average Bonchev–Trinajstić information content (AvgIpc) is 2.69. The summed E-state index contributed by atoms with van der Waals surface area (Å²) < 4.78 is 42.1. The number of nitrogens with zero attached hydrogens (tertiary/aromatic N) is 1. The summed E-state index contributed by atoms with van der Waals surface area (Å²) in [4.78, 5) is 12.6. The Morgan fingerprint density at radius 1 is 1.17 bits per heavy atom. The summed E-state index contributed by atoms with van der Waals surface area (Å²) >= 11 is 11.8. The minimum Gasteiger partial charge on any atom is -0.396 e. The Hall–Kier alpha value is -1.87. The molecule has 1 atom stereocenters. The highest BCUT2D eigenvalue weighted by atomic mass is 35.5. The number of hydrogen-bond donors (Lipinski definition) is 2. The lowest BCUT2D eigenvalue weighted by atomic mass is 9.95. The van der Waals surface area contributed by atoms with Gasteiger partial charge in [-0.1, -0.05) is 37.0 Å². The molecule has 0 heterocycles. The fraction of sp³-hybridized carbons (Fsp3) is 0.350. The first kappa shape index (κ1) is 24.4. The number of sulfonamides is 1. The van der Waals surface area contributed by atoms with Crippen molar-refractivity contribution in [2.24, 2.45) is 5.41 Å². The van der Waals surface area contributed by atoms with Crippen LogP contribution in [0.25, 0.3) is 0 Å². The lowest BCUT2D eigenvalue weighted by Crippen LogP contribution is -2.50. The van der Waals surface area contributed by atoms with Gasteiger partial charge in [0.05, 0.1) is 10.6 Å². The van der Waals surface area contributed by atoms with Crippen LogP contribution in [0.15, 0.2) is 47.4 Å². The molecule has 10 heteroatoms. The molecule has 2 rings (SSSR count). The van der Waals surface area contributed by atoms with Gasteiger partial charge in [-0.2, -0.15) is 0 Å². The van der Waals surface area contributed by atoms with Crippen molar-refractivity contribution < 1.29 is 22.7 Å². The molecule has 0 radical (unpaired) electrons. The van der Waals surface area contributed by atoms with Gasteiger partial charge >= 0.3 is 0 Å². The number of rotatable bonds is 8. The maximum atomic E-state index is 14.6. The molecule has 164 valence electrons. The predicted octanol–water partition coefficient (Wildman–Crippen LogP) is 3.85. The first-order chi connectivity index (χ1) is 13.9. The quantitative estimate of drug-likeness (QED) is 0.605. The maximum absolute atomic E-state index is 14.6. The summed E-state index contributed by atoms with van der Waals surface area (Å²) in [5.41, 5.74) is -0.974. The molecule has 30 heavy (non-hydrogen) atoms. The lowest BCUT2D eigenvalue weighted by Gasteiger charge is -2.31. The van der Waals surface area contributed by atoms with Crippen LogP contribution in [0, 0.1) is 11.2 Å². The second kappa shape index (κ2) is 9.51. The van der Waals surface area contributed by atoms with Crippen LogP contribution in [0.1, 0.15) is 20.8 Å². The molecule has 0 unspecified atom stereocenters. The first-order valence-electron chi connectivity index (χ1n) is 9.03. The number of carbonyl (C=O) groups excluding carboxylic acids is 1. The number of anilines is 1. The van der Waals surface area contributed by atoms with Gasteiger partial charge in [0, 0.05) is 28.6 Å². The monoisotopic (exact) mass is 476 g/mol. The number of aliphatic hydroxyl groups is 1. The van der Waals surface area contributed by atoms with E-state index in [4.69, 9.17) is 23.2 Å². The van der Waals surface area contributed by atoms with Crippen molar-refractivity contribution in [1.82, 2.24) is 5.32 Å². The fourth-order valence-electron chi connectivity index (χ4n) is 2.56. The Labute approximate surface area is 185 Å². The van der Waals surface area contributed by atoms with Crippen molar-refractivity contribution in [2.75, 3.05) is 17.5 Å². The number of halogens is 3. The molecule has 6 nitrogen and oxygen atoms in total. The SMILES string of the molecule is C[C@H](C(=O)NCC(C)(C)CO)N(c1cc(Cl)ccc1F)S(=O)(=O)c1ccc(Cl)cc1. The van der Waals surface area contributed by atoms with Gasteiger partial charge in [0.1, 0.15) is 11.9 Å². The van der Waals surface area contributed by atoms with Crippen LogP contribution in [0.3, 0.4) is 0 Å². The van der Waals surface area contributed by atoms with Crippen molar-refractivity contribution in [3.63, 3.8) is 0 Å². The van der Waals surface area contributed by atoms with Crippen LogP contribution >= 0.6 is 23.2 Å². The number of aliphatic hydroxyl groups excluding tert-OH is 1. The van der Waals surface area contributed by atoms with Gasteiger partial charge in [-0.25, -0.2) is 12.8 Å². The molecule has 0 saturated carbocycles. The van der Waals surface area contributed by atoms with Gasteiger partial charge in [0.25, 0.3) is 10.0 Å². The maximum Gasteiger partial charge on any atom is 0.265 e. The van der Waals surface area contributed by atoms with Crippen molar-refractivity contribution >= 4 is 44.8 Å². The van der Waals surface area contributed by atoms with Crippen LogP contribution in [-0.4, -0.2) is 38.6 Å². The van der Waals surface area contributed by atoms with E-state index in [-0.39, 0.29) is 28.8 Å². The van der Waals surface area contributed by atoms with E-state index in [1.807, 2.05) is 0 Å². The van der Waals surface area contributed by atoms with Gasteiger partial charge in [-0.3, -0.25) is 9.10 Å². The van der Waals surface area contributed by atoms with Crippen LogP contribution in [-0.2, 0) is 14.8 Å². The minimum absolute atomic E-state index is 0.0968. The lowest BCUT2D eigenvalue weighted by molar-refractivity contribution is -0.122. The number of benzene rings is 2. The number of carbonyl (C=O) groups is 1. The standard InChI is InChI=1S/C20H23Cl2FN2O4S/c1-13(19(27)24-11-20(2,3)12-26)25(18-10-15(22)6-9-17(18)23)30(28,29)16-7-4-14(21)5-8-16/h4-10,13,26H,11-12H2,1-3H3,(H,24,27)/t13-/m1/s1. The molecule has 0 bridgehead atoms. The Bertz CT molecular complexity index is 1010. The van der Waals surface area contributed by atoms with Crippen molar-refractivity contribution in [2.45, 2.75) is 31.7 Å². The number of nitrogens with one attached hydrogen (secondary N) is 1. The van der Waals surface area contributed by atoms with E-state index in [0.29, 0.717) is 9.33 Å².